The zero-order valence-corrected chi connectivity index (χ0v) is 13.4. The van der Waals surface area contributed by atoms with Crippen LogP contribution in [-0.2, 0) is 22.5 Å². The van der Waals surface area contributed by atoms with Crippen LogP contribution in [0.2, 0.25) is 0 Å². The fraction of sp³-hybridized carbons (Fsp3) is 0.500. The van der Waals surface area contributed by atoms with Crippen LogP contribution in [0, 0.1) is 0 Å². The number of carbonyl (C=O) groups excluding carboxylic acids is 2. The van der Waals surface area contributed by atoms with E-state index in [4.69, 9.17) is 24.4 Å². The normalized spacial score (nSPS) is 11.6. The van der Waals surface area contributed by atoms with E-state index in [1.165, 1.54) is 13.8 Å². The van der Waals surface area contributed by atoms with Crippen molar-refractivity contribution in [2.75, 3.05) is 14.1 Å². The van der Waals surface area contributed by atoms with Gasteiger partial charge >= 0.3 is 124 Å². The van der Waals surface area contributed by atoms with Gasteiger partial charge in [0.25, 0.3) is 0 Å². The van der Waals surface area contributed by atoms with Gasteiger partial charge in [-0.15, -0.1) is 0 Å². The summed E-state index contributed by atoms with van der Waals surface area (Å²) in [5, 5.41) is 8.95. The van der Waals surface area contributed by atoms with E-state index in [1.54, 1.807) is 14.1 Å². The van der Waals surface area contributed by atoms with E-state index in [0.717, 1.165) is 0 Å². The third kappa shape index (κ3) is 5.15. The van der Waals surface area contributed by atoms with Gasteiger partial charge in [-0.1, -0.05) is 0 Å². The molecule has 0 radical (unpaired) electrons. The summed E-state index contributed by atoms with van der Waals surface area (Å²) in [4.78, 5) is 23.4. The van der Waals surface area contributed by atoms with Gasteiger partial charge < -0.3 is 0 Å². The van der Waals surface area contributed by atoms with Crippen LogP contribution >= 0.6 is 24.4 Å². The molecule has 3 N–H and O–H groups in total. The number of hydrogen-bond donors (Lipinski definition) is 3. The van der Waals surface area contributed by atoms with E-state index in [9.17, 15) is 9.59 Å². The first kappa shape index (κ1) is 17.8. The Labute approximate surface area is 124 Å². The third-order valence-corrected chi connectivity index (χ3v) is 4.68. The molecule has 0 saturated carbocycles. The van der Waals surface area contributed by atoms with Gasteiger partial charge in [0.15, 0.2) is 0 Å². The predicted molar refractivity (Wildman–Crippen MR) is 75.1 cm³/mol. The molecule has 0 atom stereocenters. The van der Waals surface area contributed by atoms with Gasteiger partial charge in [-0.2, -0.15) is 0 Å². The monoisotopic (exact) mass is 354 g/mol. The molecule has 11 heteroatoms. The van der Waals surface area contributed by atoms with Gasteiger partial charge in [-0.05, 0) is 0 Å². The van der Waals surface area contributed by atoms with Crippen LogP contribution in [0.15, 0.2) is 13.3 Å². The fourth-order valence-electron chi connectivity index (χ4n) is 0.599. The van der Waals surface area contributed by atoms with Crippen molar-refractivity contribution < 1.29 is 22.5 Å². The van der Waals surface area contributed by atoms with Gasteiger partial charge in [0.1, 0.15) is 0 Å². The summed E-state index contributed by atoms with van der Waals surface area (Å²) in [5.74, 6) is 0. The van der Waals surface area contributed by atoms with Gasteiger partial charge in [0.2, 0.25) is 0 Å². The second kappa shape index (κ2) is 8.10. The van der Waals surface area contributed by atoms with E-state index in [2.05, 4.69) is 29.4 Å². The molecule has 0 aromatic carbocycles. The molecule has 0 aliphatic carbocycles. The first-order valence-corrected chi connectivity index (χ1v) is 7.39. The maximum atomic E-state index is 11.7. The zero-order chi connectivity index (χ0) is 15.1. The zero-order valence-electron chi connectivity index (χ0n) is 10.8. The van der Waals surface area contributed by atoms with E-state index < -0.39 is 22.2 Å². The molecule has 0 aromatic heterocycles. The summed E-state index contributed by atoms with van der Waals surface area (Å²) in [6.45, 7) is 2.42. The Kier molecular flexibility index (Phi) is 7.60. The van der Waals surface area contributed by atoms with Crippen LogP contribution in [0.4, 0.5) is 0 Å². The first-order chi connectivity index (χ1) is 8.80. The molecule has 0 amide bonds. The summed E-state index contributed by atoms with van der Waals surface area (Å²) in [6.07, 6.45) is 0. The van der Waals surface area contributed by atoms with Crippen LogP contribution in [0.3, 0.4) is 0 Å². The summed E-state index contributed by atoms with van der Waals surface area (Å²) in [7, 11) is 3.12. The molecule has 0 fully saturated rings. The number of nitrogens with one attached hydrogen (secondary N) is 3. The van der Waals surface area contributed by atoms with Crippen molar-refractivity contribution in [1.82, 2.24) is 16.1 Å². The van der Waals surface area contributed by atoms with E-state index in [1.807, 2.05) is 0 Å². The second-order valence-electron chi connectivity index (χ2n) is 2.71. The molecule has 0 bridgehead atoms. The van der Waals surface area contributed by atoms with Gasteiger partial charge in [0.05, 0.1) is 0 Å². The van der Waals surface area contributed by atoms with Crippen LogP contribution < -0.4 is 16.1 Å². The van der Waals surface area contributed by atoms with E-state index in [-0.39, 0.29) is 10.2 Å². The van der Waals surface area contributed by atoms with E-state index >= 15 is 0 Å². The van der Waals surface area contributed by atoms with Crippen molar-refractivity contribution in [3.8, 4) is 0 Å². The Morgan fingerprint density at radius 2 is 1.58 bits per heavy atom. The Hall–Kier alpha value is -1.16. The average molecular weight is 355 g/mol. The number of hydrogen-bond acceptors (Lipinski definition) is 5. The van der Waals surface area contributed by atoms with Crippen LogP contribution in [0.25, 0.3) is 0 Å². The predicted octanol–water partition coefficient (Wildman–Crippen LogP) is 0.297. The molecular weight excluding hydrogens is 340 g/mol. The van der Waals surface area contributed by atoms with E-state index in [0.29, 0.717) is 0 Å². The quantitative estimate of drug-likeness (QED) is 0.288. The Balaban J connectivity index is 5.64. The van der Waals surface area contributed by atoms with Crippen molar-refractivity contribution in [1.29, 1.82) is 0 Å². The maximum absolute atomic E-state index is 11.7. The van der Waals surface area contributed by atoms with Crippen molar-refractivity contribution in [3.63, 3.8) is 0 Å². The molecule has 0 spiro atoms. The number of carbonyl (C=O) groups is 2. The molecule has 0 aliphatic rings. The standard InChI is InChI=1S/C2H5N3S.C2H4N3S.2C2H3O.Cu/c2*1-4-2(6)5-3;2*1-2-3;/h1H3,(H2,4,5,6);1H3,(H,4,6);2*1H3;/q;-1;;;+1. The molecule has 8 nitrogen and oxygen atoms in total. The van der Waals surface area contributed by atoms with Gasteiger partial charge in [-0.3, -0.25) is 0 Å². The van der Waals surface area contributed by atoms with Crippen molar-refractivity contribution in [2.45, 2.75) is 13.8 Å². The molecular formula is C8H15CuN6O2S2. The third-order valence-electron chi connectivity index (χ3n) is 1.47. The molecule has 0 aromatic rings. The summed E-state index contributed by atoms with van der Waals surface area (Å²) in [6, 6.07) is 0. The Morgan fingerprint density at radius 3 is 1.95 bits per heavy atom. The number of thiocarbonyl (C=S) groups is 2. The van der Waals surface area contributed by atoms with Gasteiger partial charge in [-0.25, -0.2) is 0 Å². The molecule has 112 valence electrons. The molecule has 0 unspecified atom stereocenters. The second-order valence-corrected chi connectivity index (χ2v) is 6.50. The minimum atomic E-state index is -2.94. The average Bonchev–Trinajstić information content (AvgIpc) is 2.37. The number of rotatable bonds is 4. The first-order valence-electron chi connectivity index (χ1n) is 4.78. The Bertz CT molecular complexity index is 472. The SMILES string of the molecule is CNC(=S)N=[N][Cu](=[N]NC(=S)NC)([C](C)=O)[C](C)=O. The minimum absolute atomic E-state index is 0.0457. The van der Waals surface area contributed by atoms with Gasteiger partial charge in [0, 0.05) is 0 Å². The summed E-state index contributed by atoms with van der Waals surface area (Å²) in [5.41, 5.74) is 2.40. The van der Waals surface area contributed by atoms with Crippen LogP contribution in [-0.4, -0.2) is 33.7 Å². The fourth-order valence-corrected chi connectivity index (χ4v) is 2.35. The molecule has 0 rings (SSSR count). The van der Waals surface area contributed by atoms with Crippen molar-refractivity contribution in [2.24, 2.45) is 13.3 Å². The van der Waals surface area contributed by atoms with Crippen LogP contribution in [0.1, 0.15) is 13.8 Å². The molecule has 0 aliphatic heterocycles. The van der Waals surface area contributed by atoms with Crippen molar-refractivity contribution >= 4 is 44.0 Å². The van der Waals surface area contributed by atoms with Crippen molar-refractivity contribution in [3.05, 3.63) is 0 Å². The molecule has 0 saturated heterocycles. The Morgan fingerprint density at radius 1 is 1.05 bits per heavy atom. The van der Waals surface area contributed by atoms with Crippen LogP contribution in [0.5, 0.6) is 0 Å². The molecule has 19 heavy (non-hydrogen) atoms. The summed E-state index contributed by atoms with van der Waals surface area (Å²) >= 11 is 6.65. The molecule has 0 heterocycles. The summed E-state index contributed by atoms with van der Waals surface area (Å²) < 4.78 is 6.47. The topological polar surface area (TPSA) is 107 Å². The number of nitrogens with zero attached hydrogens (tertiary/aromatic N) is 3.